The van der Waals surface area contributed by atoms with Crippen molar-refractivity contribution >= 4 is 5.78 Å². The van der Waals surface area contributed by atoms with E-state index in [1.165, 1.54) is 19.3 Å². The number of hydrogen-bond donors (Lipinski definition) is 0. The highest BCUT2D eigenvalue weighted by Gasteiger charge is 2.28. The van der Waals surface area contributed by atoms with Crippen LogP contribution in [0.4, 0.5) is 0 Å². The van der Waals surface area contributed by atoms with Crippen molar-refractivity contribution in [1.29, 1.82) is 0 Å². The molecule has 1 aliphatic heterocycles. The van der Waals surface area contributed by atoms with Gasteiger partial charge in [0.1, 0.15) is 5.76 Å². The van der Waals surface area contributed by atoms with E-state index in [0.717, 1.165) is 24.4 Å². The maximum Gasteiger partial charge on any atom is 0.151 e. The van der Waals surface area contributed by atoms with E-state index in [1.807, 2.05) is 13.0 Å². The molecule has 0 bridgehead atoms. The molecule has 0 saturated carbocycles. The van der Waals surface area contributed by atoms with Crippen molar-refractivity contribution in [3.05, 3.63) is 23.7 Å². The predicted molar refractivity (Wildman–Crippen MR) is 62.3 cm³/mol. The van der Waals surface area contributed by atoms with Crippen LogP contribution in [0.3, 0.4) is 0 Å². The number of Topliss-reactive ketones (excluding diaryl/α,β-unsaturated/α-hetero) is 1. The predicted octanol–water partition coefficient (Wildman–Crippen LogP) is 2.70. The van der Waals surface area contributed by atoms with Crippen molar-refractivity contribution in [2.75, 3.05) is 13.1 Å². The zero-order chi connectivity index (χ0) is 11.5. The zero-order valence-electron chi connectivity index (χ0n) is 10.0. The number of aryl methyl sites for hydroxylation is 1. The Hall–Kier alpha value is -1.09. The average molecular weight is 221 g/mol. The molecule has 3 nitrogen and oxygen atoms in total. The molecule has 0 aliphatic carbocycles. The lowest BCUT2D eigenvalue weighted by Gasteiger charge is -2.32. The highest BCUT2D eigenvalue weighted by atomic mass is 16.3. The third kappa shape index (κ3) is 2.19. The van der Waals surface area contributed by atoms with Gasteiger partial charge in [-0.25, -0.2) is 0 Å². The largest absolute Gasteiger partial charge is 0.469 e. The number of ketones is 1. The first-order valence-electron chi connectivity index (χ1n) is 5.98. The first-order valence-corrected chi connectivity index (χ1v) is 5.98. The van der Waals surface area contributed by atoms with Crippen LogP contribution in [0, 0.1) is 6.92 Å². The number of carbonyl (C=O) groups is 1. The minimum Gasteiger partial charge on any atom is -0.469 e. The van der Waals surface area contributed by atoms with Crippen molar-refractivity contribution in [2.45, 2.75) is 39.2 Å². The van der Waals surface area contributed by atoms with Crippen molar-refractivity contribution in [3.8, 4) is 0 Å². The fraction of sp³-hybridized carbons (Fsp3) is 0.615. The second kappa shape index (κ2) is 4.83. The summed E-state index contributed by atoms with van der Waals surface area (Å²) in [5, 5.41) is 0. The summed E-state index contributed by atoms with van der Waals surface area (Å²) < 4.78 is 5.31. The van der Waals surface area contributed by atoms with Crippen LogP contribution < -0.4 is 0 Å². The molecular formula is C13H19NO2. The van der Waals surface area contributed by atoms with Crippen LogP contribution >= 0.6 is 0 Å². The summed E-state index contributed by atoms with van der Waals surface area (Å²) in [6.45, 7) is 5.64. The van der Waals surface area contributed by atoms with Crippen LogP contribution in [-0.2, 0) is 4.79 Å². The van der Waals surface area contributed by atoms with Crippen molar-refractivity contribution in [3.63, 3.8) is 0 Å². The summed E-state index contributed by atoms with van der Waals surface area (Å²) in [6, 6.07) is 1.83. The number of hydrogen-bond acceptors (Lipinski definition) is 3. The first kappa shape index (κ1) is 11.4. The Balaban J connectivity index is 2.23. The quantitative estimate of drug-likeness (QED) is 0.787. The molecule has 0 N–H and O–H groups in total. The molecular weight excluding hydrogens is 202 g/mol. The summed E-state index contributed by atoms with van der Waals surface area (Å²) in [5.41, 5.74) is 1.04. The molecule has 0 amide bonds. The molecule has 1 fully saturated rings. The molecule has 1 atom stereocenters. The van der Waals surface area contributed by atoms with Gasteiger partial charge in [-0.15, -0.1) is 0 Å². The highest BCUT2D eigenvalue weighted by molar-refractivity contribution is 5.83. The second-order valence-corrected chi connectivity index (χ2v) is 4.54. The Morgan fingerprint density at radius 2 is 2.06 bits per heavy atom. The highest BCUT2D eigenvalue weighted by Crippen LogP contribution is 2.28. The monoisotopic (exact) mass is 221 g/mol. The van der Waals surface area contributed by atoms with E-state index >= 15 is 0 Å². The molecule has 1 saturated heterocycles. The molecule has 1 aromatic rings. The van der Waals surface area contributed by atoms with Gasteiger partial charge in [-0.1, -0.05) is 6.42 Å². The van der Waals surface area contributed by atoms with E-state index in [9.17, 15) is 4.79 Å². The van der Waals surface area contributed by atoms with E-state index in [2.05, 4.69) is 4.90 Å². The summed E-state index contributed by atoms with van der Waals surface area (Å²) >= 11 is 0. The number of nitrogens with zero attached hydrogens (tertiary/aromatic N) is 1. The average Bonchev–Trinajstić information content (AvgIpc) is 2.66. The number of rotatable bonds is 3. The lowest BCUT2D eigenvalue weighted by molar-refractivity contribution is -0.122. The molecule has 0 radical (unpaired) electrons. The van der Waals surface area contributed by atoms with Crippen molar-refractivity contribution in [2.24, 2.45) is 0 Å². The van der Waals surface area contributed by atoms with Crippen molar-refractivity contribution < 1.29 is 9.21 Å². The van der Waals surface area contributed by atoms with Crippen LogP contribution in [0.15, 0.2) is 16.7 Å². The van der Waals surface area contributed by atoms with Gasteiger partial charge in [0.15, 0.2) is 5.78 Å². The molecule has 3 heteroatoms. The van der Waals surface area contributed by atoms with E-state index in [0.29, 0.717) is 0 Å². The molecule has 0 spiro atoms. The van der Waals surface area contributed by atoms with Crippen LogP contribution in [0.1, 0.15) is 43.6 Å². The second-order valence-electron chi connectivity index (χ2n) is 4.54. The Morgan fingerprint density at radius 3 is 2.56 bits per heavy atom. The number of likely N-dealkylation sites (tertiary alicyclic amines) is 1. The molecule has 1 aromatic heterocycles. The van der Waals surface area contributed by atoms with E-state index in [4.69, 9.17) is 4.42 Å². The van der Waals surface area contributed by atoms with E-state index < -0.39 is 0 Å². The molecule has 1 aliphatic rings. The van der Waals surface area contributed by atoms with Gasteiger partial charge in [-0.2, -0.15) is 0 Å². The van der Waals surface area contributed by atoms with Gasteiger partial charge in [0.2, 0.25) is 0 Å². The van der Waals surface area contributed by atoms with Gasteiger partial charge in [0.25, 0.3) is 0 Å². The molecule has 88 valence electrons. The molecule has 0 aromatic carbocycles. The SMILES string of the molecule is CC(=O)C(c1ccoc1C)N1CCCCC1. The fourth-order valence-corrected chi connectivity index (χ4v) is 2.53. The van der Waals surface area contributed by atoms with Gasteiger partial charge in [-0.3, -0.25) is 9.69 Å². The van der Waals surface area contributed by atoms with E-state index in [1.54, 1.807) is 13.2 Å². The molecule has 2 rings (SSSR count). The number of furan rings is 1. The van der Waals surface area contributed by atoms with Crippen molar-refractivity contribution in [1.82, 2.24) is 4.90 Å². The van der Waals surface area contributed by atoms with Gasteiger partial charge in [-0.05, 0) is 45.8 Å². The van der Waals surface area contributed by atoms with Gasteiger partial charge >= 0.3 is 0 Å². The first-order chi connectivity index (χ1) is 7.70. The van der Waals surface area contributed by atoms with Gasteiger partial charge in [0, 0.05) is 5.56 Å². The lowest BCUT2D eigenvalue weighted by atomic mass is 9.99. The van der Waals surface area contributed by atoms with Crippen LogP contribution in [0.2, 0.25) is 0 Å². The summed E-state index contributed by atoms with van der Waals surface area (Å²) in [7, 11) is 0. The van der Waals surface area contributed by atoms with Crippen LogP contribution in [0.25, 0.3) is 0 Å². The smallest absolute Gasteiger partial charge is 0.151 e. The molecule has 1 unspecified atom stereocenters. The van der Waals surface area contributed by atoms with E-state index in [-0.39, 0.29) is 11.8 Å². The van der Waals surface area contributed by atoms with Crippen LogP contribution in [0.5, 0.6) is 0 Å². The number of carbonyl (C=O) groups excluding carboxylic acids is 1. The summed E-state index contributed by atoms with van der Waals surface area (Å²) in [5.74, 6) is 1.08. The Kier molecular flexibility index (Phi) is 3.44. The third-order valence-electron chi connectivity index (χ3n) is 3.33. The van der Waals surface area contributed by atoms with Crippen LogP contribution in [-0.4, -0.2) is 23.8 Å². The Morgan fingerprint density at radius 1 is 1.38 bits per heavy atom. The minimum atomic E-state index is -0.0981. The lowest BCUT2D eigenvalue weighted by Crippen LogP contribution is -2.37. The molecule has 16 heavy (non-hydrogen) atoms. The normalized spacial score (nSPS) is 19.6. The Labute approximate surface area is 96.4 Å². The number of piperidine rings is 1. The van der Waals surface area contributed by atoms with Gasteiger partial charge in [0.05, 0.1) is 12.3 Å². The third-order valence-corrected chi connectivity index (χ3v) is 3.33. The maximum atomic E-state index is 11.8. The van der Waals surface area contributed by atoms with Gasteiger partial charge < -0.3 is 4.42 Å². The standard InChI is InChI=1S/C13H19NO2/c1-10(15)13(12-6-9-16-11(12)2)14-7-4-3-5-8-14/h6,9,13H,3-5,7-8H2,1-2H3. The molecule has 2 heterocycles. The summed E-state index contributed by atoms with van der Waals surface area (Å²) in [4.78, 5) is 14.1. The topological polar surface area (TPSA) is 33.5 Å². The fourth-order valence-electron chi connectivity index (χ4n) is 2.53. The minimum absolute atomic E-state index is 0.0981. The maximum absolute atomic E-state index is 11.8. The Bertz CT molecular complexity index is 364. The zero-order valence-corrected chi connectivity index (χ0v) is 10.0. The summed E-state index contributed by atoms with van der Waals surface area (Å²) in [6.07, 6.45) is 5.34.